The van der Waals surface area contributed by atoms with E-state index in [1.54, 1.807) is 54.6 Å². The van der Waals surface area contributed by atoms with E-state index in [-0.39, 0.29) is 11.6 Å². The monoisotopic (exact) mass is 740 g/mol. The van der Waals surface area contributed by atoms with Gasteiger partial charge >= 0.3 is 0 Å². The van der Waals surface area contributed by atoms with Crippen molar-refractivity contribution >= 4 is 73.6 Å². The summed E-state index contributed by atoms with van der Waals surface area (Å²) in [6.07, 6.45) is 2.20. The van der Waals surface area contributed by atoms with Crippen LogP contribution in [0.2, 0.25) is 0 Å². The molecule has 0 aliphatic carbocycles. The van der Waals surface area contributed by atoms with Crippen molar-refractivity contribution in [2.45, 2.75) is 30.4 Å². The largest absolute Gasteiger partial charge is 0.494 e. The van der Waals surface area contributed by atoms with Crippen molar-refractivity contribution in [3.05, 3.63) is 130 Å². The van der Waals surface area contributed by atoms with E-state index in [1.807, 2.05) is 73.8 Å². The lowest BCUT2D eigenvalue weighted by Gasteiger charge is -2.15. The molecule has 8 nitrogen and oxygen atoms in total. The zero-order chi connectivity index (χ0) is 33.9. The number of hydrogen-bond acceptors (Lipinski definition) is 7. The molecule has 0 radical (unpaired) electrons. The summed E-state index contributed by atoms with van der Waals surface area (Å²) in [6.45, 7) is 4.39. The van der Waals surface area contributed by atoms with E-state index in [4.69, 9.17) is 4.74 Å². The molecule has 1 aromatic heterocycles. The summed E-state index contributed by atoms with van der Waals surface area (Å²) in [5.41, 5.74) is 3.48. The number of anilines is 2. The van der Waals surface area contributed by atoms with E-state index in [1.165, 1.54) is 23.1 Å². The van der Waals surface area contributed by atoms with Crippen molar-refractivity contribution in [1.82, 2.24) is 10.3 Å². The number of benzene rings is 4. The number of aromatic nitrogens is 1. The molecule has 11 heteroatoms. The lowest BCUT2D eigenvalue weighted by Crippen LogP contribution is -2.30. The second-order valence-electron chi connectivity index (χ2n) is 10.4. The average Bonchev–Trinajstić information content (AvgIpc) is 3.57. The Morgan fingerprint density at radius 1 is 0.917 bits per heavy atom. The van der Waals surface area contributed by atoms with Gasteiger partial charge in [-0.25, -0.2) is 4.98 Å². The molecule has 0 bridgehead atoms. The van der Waals surface area contributed by atoms with Crippen LogP contribution in [0.3, 0.4) is 0 Å². The zero-order valence-corrected chi connectivity index (χ0v) is 29.5. The summed E-state index contributed by atoms with van der Waals surface area (Å²) in [5, 5.41) is 10.7. The van der Waals surface area contributed by atoms with Gasteiger partial charge in [0.2, 0.25) is 5.91 Å². The fraction of sp³-hybridized carbons (Fsp3) is 0.135. The predicted octanol–water partition coefficient (Wildman–Crippen LogP) is 8.89. The maximum absolute atomic E-state index is 13.6. The molecule has 1 atom stereocenters. The summed E-state index contributed by atoms with van der Waals surface area (Å²) >= 11 is 6.22. The van der Waals surface area contributed by atoms with Gasteiger partial charge in [-0.3, -0.25) is 14.4 Å². The molecule has 0 aliphatic rings. The molecule has 1 unspecified atom stereocenters. The third-order valence-electron chi connectivity index (χ3n) is 6.94. The lowest BCUT2D eigenvalue weighted by atomic mass is 10.1. The first-order valence-electron chi connectivity index (χ1n) is 15.2. The van der Waals surface area contributed by atoms with Gasteiger partial charge in [0.05, 0.1) is 17.6 Å². The molecule has 3 N–H and O–H groups in total. The number of halogens is 1. The lowest BCUT2D eigenvalue weighted by molar-refractivity contribution is -0.116. The van der Waals surface area contributed by atoms with E-state index < -0.39 is 17.1 Å². The maximum Gasteiger partial charge on any atom is 0.272 e. The molecular weight excluding hydrogens is 708 g/mol. The topological polar surface area (TPSA) is 109 Å². The number of ether oxygens (including phenoxy) is 1. The molecule has 0 spiro atoms. The molecule has 0 aliphatic heterocycles. The number of amides is 3. The minimum atomic E-state index is -0.495. The molecule has 5 aromatic rings. The van der Waals surface area contributed by atoms with Crippen LogP contribution in [0.4, 0.5) is 10.8 Å². The van der Waals surface area contributed by atoms with Crippen LogP contribution in [0.15, 0.2) is 124 Å². The van der Waals surface area contributed by atoms with Crippen LogP contribution in [-0.2, 0) is 9.59 Å². The van der Waals surface area contributed by atoms with Gasteiger partial charge in [-0.1, -0.05) is 71.4 Å². The normalized spacial score (nSPS) is 11.8. The molecular formula is C37H33BrN4O4S2. The number of thiazole rings is 1. The van der Waals surface area contributed by atoms with Crippen LogP contribution in [0.5, 0.6) is 5.75 Å². The van der Waals surface area contributed by atoms with Gasteiger partial charge in [-0.05, 0) is 79.6 Å². The second kappa shape index (κ2) is 16.9. The van der Waals surface area contributed by atoms with Gasteiger partial charge < -0.3 is 20.7 Å². The fourth-order valence-corrected chi connectivity index (χ4v) is 6.54. The Morgan fingerprint density at radius 2 is 1.67 bits per heavy atom. The van der Waals surface area contributed by atoms with Crippen LogP contribution in [0.25, 0.3) is 17.3 Å². The third kappa shape index (κ3) is 9.66. The number of nitrogens with one attached hydrogen (secondary N) is 3. The molecule has 48 heavy (non-hydrogen) atoms. The van der Waals surface area contributed by atoms with E-state index in [0.29, 0.717) is 40.7 Å². The van der Waals surface area contributed by atoms with Crippen molar-refractivity contribution in [3.8, 4) is 17.0 Å². The standard InChI is InChI=1S/C37H33BrN4O4S2/c1-3-33(36(45)42-37-41-32(23-47-37)25-15-17-27(38)18-16-25)48-30-12-8-11-28(22-30)39-35(44)31(40-34(43)26-9-6-5-7-10-26)21-24-13-19-29(20-14-24)46-4-2/h5-23,33H,3-4H2,1-2H3,(H,39,44)(H,40,43)(H,41,42,45)/b31-21+. The van der Waals surface area contributed by atoms with Gasteiger partial charge in [-0.2, -0.15) is 0 Å². The molecule has 5 rings (SSSR count). The highest BCUT2D eigenvalue weighted by molar-refractivity contribution is 9.10. The minimum absolute atomic E-state index is 0.0721. The first-order valence-corrected chi connectivity index (χ1v) is 17.8. The molecule has 244 valence electrons. The van der Waals surface area contributed by atoms with Gasteiger partial charge in [-0.15, -0.1) is 23.1 Å². The van der Waals surface area contributed by atoms with Crippen LogP contribution in [-0.4, -0.2) is 34.6 Å². The maximum atomic E-state index is 13.6. The van der Waals surface area contributed by atoms with Crippen molar-refractivity contribution in [3.63, 3.8) is 0 Å². The quantitative estimate of drug-likeness (QED) is 0.0822. The minimum Gasteiger partial charge on any atom is -0.494 e. The van der Waals surface area contributed by atoms with E-state index in [9.17, 15) is 14.4 Å². The van der Waals surface area contributed by atoms with Crippen molar-refractivity contribution < 1.29 is 19.1 Å². The first kappa shape index (κ1) is 34.6. The molecule has 4 aromatic carbocycles. The highest BCUT2D eigenvalue weighted by Gasteiger charge is 2.21. The van der Waals surface area contributed by atoms with Gasteiger partial charge in [0.25, 0.3) is 11.8 Å². The van der Waals surface area contributed by atoms with E-state index >= 15 is 0 Å². The SMILES string of the molecule is CCOc1ccc(/C=C(/NC(=O)c2ccccc2)C(=O)Nc2cccc(SC(CC)C(=O)Nc3nc(-c4ccc(Br)cc4)cs3)c2)cc1. The zero-order valence-electron chi connectivity index (χ0n) is 26.2. The first-order chi connectivity index (χ1) is 23.3. The van der Waals surface area contributed by atoms with E-state index in [0.717, 1.165) is 20.6 Å². The predicted molar refractivity (Wildman–Crippen MR) is 198 cm³/mol. The Labute approximate surface area is 296 Å². The number of hydrogen-bond donors (Lipinski definition) is 3. The van der Waals surface area contributed by atoms with E-state index in [2.05, 4.69) is 36.9 Å². The highest BCUT2D eigenvalue weighted by atomic mass is 79.9. The fourth-order valence-electron chi connectivity index (χ4n) is 4.54. The summed E-state index contributed by atoms with van der Waals surface area (Å²) in [5.74, 6) is -0.351. The Hall–Kier alpha value is -4.71. The Balaban J connectivity index is 1.27. The van der Waals surface area contributed by atoms with Gasteiger partial charge in [0.1, 0.15) is 11.4 Å². The summed E-state index contributed by atoms with van der Waals surface area (Å²) in [7, 11) is 0. The molecule has 1 heterocycles. The number of carbonyl (C=O) groups is 3. The smallest absolute Gasteiger partial charge is 0.272 e. The number of thioether (sulfide) groups is 1. The summed E-state index contributed by atoms with van der Waals surface area (Å²) in [6, 6.07) is 31.0. The molecule has 0 saturated heterocycles. The Bertz CT molecular complexity index is 1900. The van der Waals surface area contributed by atoms with Crippen LogP contribution in [0, 0.1) is 0 Å². The average molecular weight is 742 g/mol. The number of carbonyl (C=O) groups excluding carboxylic acids is 3. The van der Waals surface area contributed by atoms with Gasteiger partial charge in [0, 0.05) is 31.6 Å². The third-order valence-corrected chi connectivity index (χ3v) is 9.58. The highest BCUT2D eigenvalue weighted by Crippen LogP contribution is 2.30. The van der Waals surface area contributed by atoms with Gasteiger partial charge in [0.15, 0.2) is 5.13 Å². The second-order valence-corrected chi connectivity index (χ2v) is 13.5. The number of nitrogens with zero attached hydrogens (tertiary/aromatic N) is 1. The Kier molecular flexibility index (Phi) is 12.2. The molecule has 3 amide bonds. The number of rotatable bonds is 13. The Morgan fingerprint density at radius 3 is 2.38 bits per heavy atom. The van der Waals surface area contributed by atoms with Crippen molar-refractivity contribution in [2.24, 2.45) is 0 Å². The molecule has 0 fully saturated rings. The molecule has 0 saturated carbocycles. The van der Waals surface area contributed by atoms with Crippen molar-refractivity contribution in [1.29, 1.82) is 0 Å². The van der Waals surface area contributed by atoms with Crippen LogP contribution >= 0.6 is 39.0 Å². The van der Waals surface area contributed by atoms with Crippen molar-refractivity contribution in [2.75, 3.05) is 17.2 Å². The van der Waals surface area contributed by atoms with Crippen LogP contribution in [0.1, 0.15) is 36.2 Å². The summed E-state index contributed by atoms with van der Waals surface area (Å²) < 4.78 is 6.51. The van der Waals surface area contributed by atoms with Crippen LogP contribution < -0.4 is 20.7 Å². The summed E-state index contributed by atoms with van der Waals surface area (Å²) in [4.78, 5) is 45.2.